The first kappa shape index (κ1) is 24.0. The normalized spacial score (nSPS) is 17.3. The van der Waals surface area contributed by atoms with Crippen LogP contribution in [0.5, 0.6) is 0 Å². The molecule has 0 bridgehead atoms. The summed E-state index contributed by atoms with van der Waals surface area (Å²) in [6.07, 6.45) is 3.51. The molecule has 1 amide bonds. The SMILES string of the molecule is CCNC(=NCCCSc1ccc(F)cc1)N1CCCC(CC(N)=O)C1.I. The maximum atomic E-state index is 12.9. The molecule has 2 rings (SSSR count). The van der Waals surface area contributed by atoms with E-state index in [0.717, 1.165) is 62.0 Å². The largest absolute Gasteiger partial charge is 0.370 e. The number of piperidine rings is 1. The van der Waals surface area contributed by atoms with Gasteiger partial charge in [0.05, 0.1) is 0 Å². The lowest BCUT2D eigenvalue weighted by Gasteiger charge is -2.34. The van der Waals surface area contributed by atoms with Crippen LogP contribution in [0.1, 0.15) is 32.6 Å². The van der Waals surface area contributed by atoms with Gasteiger partial charge in [0.15, 0.2) is 5.96 Å². The molecule has 0 radical (unpaired) electrons. The lowest BCUT2D eigenvalue weighted by molar-refractivity contribution is -0.119. The van der Waals surface area contributed by atoms with Gasteiger partial charge in [0.25, 0.3) is 0 Å². The van der Waals surface area contributed by atoms with Crippen LogP contribution < -0.4 is 11.1 Å². The summed E-state index contributed by atoms with van der Waals surface area (Å²) in [5.74, 6) is 1.76. The van der Waals surface area contributed by atoms with Crippen molar-refractivity contribution >= 4 is 47.6 Å². The van der Waals surface area contributed by atoms with Gasteiger partial charge in [-0.2, -0.15) is 0 Å². The Kier molecular flexibility index (Phi) is 11.7. The van der Waals surface area contributed by atoms with E-state index >= 15 is 0 Å². The molecule has 0 aliphatic carbocycles. The van der Waals surface area contributed by atoms with E-state index in [0.29, 0.717) is 12.3 Å². The topological polar surface area (TPSA) is 70.7 Å². The summed E-state index contributed by atoms with van der Waals surface area (Å²) >= 11 is 1.72. The smallest absolute Gasteiger partial charge is 0.217 e. The van der Waals surface area contributed by atoms with Crippen LogP contribution in [-0.2, 0) is 4.79 Å². The van der Waals surface area contributed by atoms with Crippen molar-refractivity contribution in [2.75, 3.05) is 31.9 Å². The van der Waals surface area contributed by atoms with Crippen LogP contribution in [0, 0.1) is 11.7 Å². The number of thioether (sulfide) groups is 1. The minimum atomic E-state index is -0.225. The number of nitrogens with zero attached hydrogens (tertiary/aromatic N) is 2. The fourth-order valence-corrected chi connectivity index (χ4v) is 3.94. The Hall–Kier alpha value is -1.03. The molecule has 1 aliphatic rings. The van der Waals surface area contributed by atoms with Crippen molar-refractivity contribution in [3.8, 4) is 0 Å². The Balaban J connectivity index is 0.00000364. The van der Waals surface area contributed by atoms with Gasteiger partial charge in [-0.25, -0.2) is 4.39 Å². The standard InChI is InChI=1S/C19H29FN4OS.HI/c1-2-22-19(24-11-3-5-15(14-24)13-18(21)25)23-10-4-12-26-17-8-6-16(20)7-9-17;/h6-9,15H,2-5,10-14H2,1H3,(H2,21,25)(H,22,23);1H. The number of likely N-dealkylation sites (tertiary alicyclic amines) is 1. The van der Waals surface area contributed by atoms with Crippen LogP contribution >= 0.6 is 35.7 Å². The molecule has 1 aliphatic heterocycles. The van der Waals surface area contributed by atoms with Gasteiger partial charge in [-0.15, -0.1) is 35.7 Å². The lowest BCUT2D eigenvalue weighted by atomic mass is 9.95. The highest BCUT2D eigenvalue weighted by molar-refractivity contribution is 14.0. The van der Waals surface area contributed by atoms with E-state index in [9.17, 15) is 9.18 Å². The van der Waals surface area contributed by atoms with E-state index < -0.39 is 0 Å². The van der Waals surface area contributed by atoms with E-state index in [1.807, 2.05) is 0 Å². The first-order valence-corrected chi connectivity index (χ1v) is 10.3. The number of rotatable bonds is 8. The quantitative estimate of drug-likeness (QED) is 0.186. The lowest BCUT2D eigenvalue weighted by Crippen LogP contribution is -2.47. The zero-order chi connectivity index (χ0) is 18.8. The molecule has 8 heteroatoms. The third-order valence-electron chi connectivity index (χ3n) is 4.29. The number of hydrogen-bond donors (Lipinski definition) is 2. The number of nitrogens with two attached hydrogens (primary N) is 1. The Morgan fingerprint density at radius 1 is 1.41 bits per heavy atom. The third kappa shape index (κ3) is 9.14. The fraction of sp³-hybridized carbons (Fsp3) is 0.579. The number of halogens is 2. The molecular weight excluding hydrogens is 478 g/mol. The third-order valence-corrected chi connectivity index (χ3v) is 5.39. The van der Waals surface area contributed by atoms with Crippen molar-refractivity contribution < 1.29 is 9.18 Å². The highest BCUT2D eigenvalue weighted by Gasteiger charge is 2.23. The van der Waals surface area contributed by atoms with E-state index in [4.69, 9.17) is 10.7 Å². The van der Waals surface area contributed by atoms with E-state index in [2.05, 4.69) is 17.1 Å². The van der Waals surface area contributed by atoms with Crippen molar-refractivity contribution in [2.24, 2.45) is 16.6 Å². The predicted molar refractivity (Wildman–Crippen MR) is 121 cm³/mol. The van der Waals surface area contributed by atoms with Crippen molar-refractivity contribution in [1.29, 1.82) is 0 Å². The number of hydrogen-bond acceptors (Lipinski definition) is 3. The van der Waals surface area contributed by atoms with Crippen LogP contribution in [0.15, 0.2) is 34.2 Å². The van der Waals surface area contributed by atoms with Gasteiger partial charge in [-0.05, 0) is 62.1 Å². The van der Waals surface area contributed by atoms with Crippen LogP contribution in [0.3, 0.4) is 0 Å². The fourth-order valence-electron chi connectivity index (χ4n) is 3.10. The summed E-state index contributed by atoms with van der Waals surface area (Å²) in [7, 11) is 0. The molecule has 1 saturated heterocycles. The van der Waals surface area contributed by atoms with Crippen molar-refractivity contribution in [3.05, 3.63) is 30.1 Å². The number of benzene rings is 1. The average Bonchev–Trinajstić information content (AvgIpc) is 2.62. The maximum absolute atomic E-state index is 12.9. The number of primary amides is 1. The number of amides is 1. The summed E-state index contributed by atoms with van der Waals surface area (Å²) in [4.78, 5) is 19.2. The van der Waals surface area contributed by atoms with Gasteiger partial charge >= 0.3 is 0 Å². The Morgan fingerprint density at radius 2 is 2.15 bits per heavy atom. The molecule has 3 N–H and O–H groups in total. The highest BCUT2D eigenvalue weighted by atomic mass is 127. The number of carbonyl (C=O) groups is 1. The zero-order valence-corrected chi connectivity index (χ0v) is 19.0. The molecular formula is C19H30FIN4OS. The molecule has 5 nitrogen and oxygen atoms in total. The van der Waals surface area contributed by atoms with Gasteiger partial charge in [-0.1, -0.05) is 0 Å². The first-order chi connectivity index (χ1) is 12.6. The van der Waals surface area contributed by atoms with Crippen molar-refractivity contribution in [1.82, 2.24) is 10.2 Å². The zero-order valence-electron chi connectivity index (χ0n) is 15.8. The second kappa shape index (κ2) is 13.2. The minimum absolute atomic E-state index is 0. The predicted octanol–water partition coefficient (Wildman–Crippen LogP) is 3.48. The van der Waals surface area contributed by atoms with E-state index in [-0.39, 0.29) is 35.7 Å². The number of aliphatic imine (C=N–C) groups is 1. The van der Waals surface area contributed by atoms with Crippen LogP contribution in [0.25, 0.3) is 0 Å². The molecule has 1 aromatic carbocycles. The molecule has 1 unspecified atom stereocenters. The van der Waals surface area contributed by atoms with Crippen LogP contribution in [0.4, 0.5) is 4.39 Å². The Morgan fingerprint density at radius 3 is 2.81 bits per heavy atom. The van der Waals surface area contributed by atoms with Gasteiger partial charge in [0, 0.05) is 37.5 Å². The number of nitrogens with one attached hydrogen (secondary N) is 1. The van der Waals surface area contributed by atoms with Gasteiger partial charge < -0.3 is 16.0 Å². The summed E-state index contributed by atoms with van der Waals surface area (Å²) < 4.78 is 12.9. The molecule has 0 saturated carbocycles. The summed E-state index contributed by atoms with van der Waals surface area (Å²) in [6.45, 7) is 5.42. The highest BCUT2D eigenvalue weighted by Crippen LogP contribution is 2.20. The maximum Gasteiger partial charge on any atom is 0.217 e. The van der Waals surface area contributed by atoms with Crippen LogP contribution in [-0.4, -0.2) is 48.7 Å². The molecule has 0 aromatic heterocycles. The Bertz CT molecular complexity index is 600. The van der Waals surface area contributed by atoms with Crippen molar-refractivity contribution in [2.45, 2.75) is 37.5 Å². The number of guanidine groups is 1. The van der Waals surface area contributed by atoms with Gasteiger partial charge in [0.2, 0.25) is 5.91 Å². The van der Waals surface area contributed by atoms with E-state index in [1.54, 1.807) is 23.9 Å². The van der Waals surface area contributed by atoms with Crippen molar-refractivity contribution in [3.63, 3.8) is 0 Å². The molecule has 27 heavy (non-hydrogen) atoms. The Labute approximate surface area is 182 Å². The van der Waals surface area contributed by atoms with E-state index in [1.165, 1.54) is 12.1 Å². The first-order valence-electron chi connectivity index (χ1n) is 9.28. The molecule has 1 atom stereocenters. The monoisotopic (exact) mass is 508 g/mol. The van der Waals surface area contributed by atoms with Gasteiger partial charge in [0.1, 0.15) is 5.82 Å². The number of carbonyl (C=O) groups excluding carboxylic acids is 1. The summed E-state index contributed by atoms with van der Waals surface area (Å²) in [5, 5.41) is 3.35. The summed E-state index contributed by atoms with van der Waals surface area (Å²) in [5.41, 5.74) is 5.35. The summed E-state index contributed by atoms with van der Waals surface area (Å²) in [6, 6.07) is 6.59. The van der Waals surface area contributed by atoms with Crippen LogP contribution in [0.2, 0.25) is 0 Å². The minimum Gasteiger partial charge on any atom is -0.370 e. The molecule has 0 spiro atoms. The second-order valence-corrected chi connectivity index (χ2v) is 7.68. The average molecular weight is 508 g/mol. The molecule has 1 fully saturated rings. The molecule has 1 aromatic rings. The molecule has 152 valence electrons. The van der Waals surface area contributed by atoms with Gasteiger partial charge in [-0.3, -0.25) is 9.79 Å². The second-order valence-electron chi connectivity index (χ2n) is 6.52. The molecule has 1 heterocycles.